The van der Waals surface area contributed by atoms with Crippen molar-refractivity contribution in [2.24, 2.45) is 4.99 Å². The summed E-state index contributed by atoms with van der Waals surface area (Å²) in [6.45, 7) is 3.59. The Morgan fingerprint density at radius 3 is 3.00 bits per heavy atom. The van der Waals surface area contributed by atoms with Gasteiger partial charge in [-0.1, -0.05) is 25.1 Å². The number of carbonyl (C=O) groups excluding carboxylic acids is 1. The van der Waals surface area contributed by atoms with Crippen LogP contribution < -0.4 is 16.0 Å². The van der Waals surface area contributed by atoms with Crippen LogP contribution in [0.2, 0.25) is 0 Å². The Morgan fingerprint density at radius 2 is 2.23 bits per heavy atom. The molecule has 7 heteroatoms. The first-order valence-electron chi connectivity index (χ1n) is 8.96. The van der Waals surface area contributed by atoms with Crippen molar-refractivity contribution in [3.63, 3.8) is 0 Å². The molecule has 2 heterocycles. The minimum absolute atomic E-state index is 0.0638. The van der Waals surface area contributed by atoms with E-state index in [0.717, 1.165) is 36.0 Å². The van der Waals surface area contributed by atoms with Crippen molar-refractivity contribution in [2.45, 2.75) is 32.1 Å². The topological polar surface area (TPSA) is 78.4 Å². The number of para-hydroxylation sites is 1. The molecular formula is C19H25N5OS. The summed E-state index contributed by atoms with van der Waals surface area (Å²) in [7, 11) is 1.76. The summed E-state index contributed by atoms with van der Waals surface area (Å²) in [6, 6.07) is 7.98. The average Bonchev–Trinajstić information content (AvgIpc) is 3.12. The number of thiazole rings is 1. The van der Waals surface area contributed by atoms with Crippen molar-refractivity contribution in [3.8, 4) is 0 Å². The van der Waals surface area contributed by atoms with E-state index in [1.807, 2.05) is 24.4 Å². The van der Waals surface area contributed by atoms with E-state index in [0.29, 0.717) is 13.0 Å². The van der Waals surface area contributed by atoms with Crippen LogP contribution in [-0.2, 0) is 17.6 Å². The number of guanidine groups is 1. The van der Waals surface area contributed by atoms with Crippen molar-refractivity contribution >= 4 is 28.9 Å². The molecule has 6 nitrogen and oxygen atoms in total. The number of aryl methyl sites for hydroxylation is 1. The highest BCUT2D eigenvalue weighted by Gasteiger charge is 2.24. The maximum Gasteiger partial charge on any atom is 0.225 e. The van der Waals surface area contributed by atoms with Crippen LogP contribution in [0.1, 0.15) is 34.7 Å². The second-order valence-electron chi connectivity index (χ2n) is 6.24. The van der Waals surface area contributed by atoms with Crippen LogP contribution in [-0.4, -0.2) is 37.0 Å². The lowest BCUT2D eigenvalue weighted by Gasteiger charge is -2.26. The lowest BCUT2D eigenvalue weighted by atomic mass is 9.90. The summed E-state index contributed by atoms with van der Waals surface area (Å²) in [5, 5.41) is 10.7. The third-order valence-electron chi connectivity index (χ3n) is 4.43. The van der Waals surface area contributed by atoms with Crippen LogP contribution in [0.3, 0.4) is 0 Å². The third-order valence-corrected chi connectivity index (χ3v) is 5.63. The van der Waals surface area contributed by atoms with Crippen molar-refractivity contribution in [1.29, 1.82) is 0 Å². The van der Waals surface area contributed by atoms with E-state index in [2.05, 4.69) is 38.9 Å². The molecule has 1 amide bonds. The Hall–Kier alpha value is -2.41. The maximum absolute atomic E-state index is 11.9. The molecule has 1 aliphatic heterocycles. The zero-order valence-electron chi connectivity index (χ0n) is 15.2. The van der Waals surface area contributed by atoms with E-state index in [-0.39, 0.29) is 11.8 Å². The normalized spacial score (nSPS) is 16.8. The van der Waals surface area contributed by atoms with Gasteiger partial charge in [-0.2, -0.15) is 0 Å². The lowest BCUT2D eigenvalue weighted by molar-refractivity contribution is -0.116. The largest absolute Gasteiger partial charge is 0.356 e. The number of nitrogens with zero attached hydrogens (tertiary/aromatic N) is 2. The molecule has 3 rings (SSSR count). The molecule has 1 aromatic carbocycles. The molecule has 0 aliphatic carbocycles. The Balaban J connectivity index is 1.50. The van der Waals surface area contributed by atoms with Gasteiger partial charge in [-0.25, -0.2) is 4.98 Å². The van der Waals surface area contributed by atoms with Crippen molar-refractivity contribution in [2.75, 3.05) is 25.5 Å². The zero-order valence-corrected chi connectivity index (χ0v) is 16.0. The number of fused-ring (bicyclic) bond motifs is 1. The molecule has 0 saturated carbocycles. The first-order valence-corrected chi connectivity index (χ1v) is 9.78. The summed E-state index contributed by atoms with van der Waals surface area (Å²) in [4.78, 5) is 21.9. The smallest absolute Gasteiger partial charge is 0.225 e. The molecule has 0 fully saturated rings. The van der Waals surface area contributed by atoms with Gasteiger partial charge in [0, 0.05) is 55.7 Å². The zero-order chi connectivity index (χ0) is 18.4. The fourth-order valence-corrected chi connectivity index (χ4v) is 3.90. The highest BCUT2D eigenvalue weighted by molar-refractivity contribution is 7.11. The first kappa shape index (κ1) is 18.4. The molecule has 0 bridgehead atoms. The van der Waals surface area contributed by atoms with Crippen LogP contribution in [0, 0.1) is 0 Å². The summed E-state index contributed by atoms with van der Waals surface area (Å²) < 4.78 is 0. The molecule has 26 heavy (non-hydrogen) atoms. The van der Waals surface area contributed by atoms with Gasteiger partial charge >= 0.3 is 0 Å². The molecular weight excluding hydrogens is 346 g/mol. The summed E-state index contributed by atoms with van der Waals surface area (Å²) >= 11 is 1.76. The molecule has 3 N–H and O–H groups in total. The van der Waals surface area contributed by atoms with E-state index >= 15 is 0 Å². The third kappa shape index (κ3) is 4.60. The van der Waals surface area contributed by atoms with E-state index in [9.17, 15) is 4.79 Å². The van der Waals surface area contributed by atoms with Crippen LogP contribution in [0.4, 0.5) is 5.69 Å². The maximum atomic E-state index is 11.9. The van der Waals surface area contributed by atoms with E-state index in [1.54, 1.807) is 18.4 Å². The Bertz CT molecular complexity index is 786. The average molecular weight is 372 g/mol. The van der Waals surface area contributed by atoms with Gasteiger partial charge in [0.15, 0.2) is 5.96 Å². The van der Waals surface area contributed by atoms with Gasteiger partial charge in [-0.15, -0.1) is 11.3 Å². The second-order valence-corrected chi connectivity index (χ2v) is 7.44. The van der Waals surface area contributed by atoms with E-state index < -0.39 is 0 Å². The highest BCUT2D eigenvalue weighted by atomic mass is 32.1. The minimum Gasteiger partial charge on any atom is -0.356 e. The van der Waals surface area contributed by atoms with E-state index in [4.69, 9.17) is 0 Å². The Kier molecular flexibility index (Phi) is 6.22. The van der Waals surface area contributed by atoms with Gasteiger partial charge in [0.2, 0.25) is 5.91 Å². The van der Waals surface area contributed by atoms with Gasteiger partial charge in [-0.05, 0) is 18.1 Å². The molecule has 1 aliphatic rings. The fourth-order valence-electron chi connectivity index (χ4n) is 3.04. The molecule has 2 aromatic rings. The number of hydrogen-bond acceptors (Lipinski definition) is 4. The first-order chi connectivity index (χ1) is 12.7. The Labute approximate surface area is 158 Å². The van der Waals surface area contributed by atoms with Gasteiger partial charge < -0.3 is 16.0 Å². The second kappa shape index (κ2) is 8.80. The number of aliphatic imine (C=N–C) groups is 1. The summed E-state index contributed by atoms with van der Waals surface area (Å²) in [6.07, 6.45) is 4.35. The molecule has 1 unspecified atom stereocenters. The Morgan fingerprint density at radius 1 is 1.38 bits per heavy atom. The summed E-state index contributed by atoms with van der Waals surface area (Å²) in [5.74, 6) is 0.958. The SMILES string of the molecule is CCc1cnc(CCNC(=NC)NCC2CC(=O)Nc3ccccc32)s1. The quantitative estimate of drug-likeness (QED) is 0.539. The lowest BCUT2D eigenvalue weighted by Crippen LogP contribution is -2.41. The number of rotatable bonds is 6. The van der Waals surface area contributed by atoms with Gasteiger partial charge in [-0.3, -0.25) is 9.79 Å². The molecule has 0 saturated heterocycles. The number of anilines is 1. The number of nitrogens with one attached hydrogen (secondary N) is 3. The molecule has 0 spiro atoms. The predicted octanol–water partition coefficient (Wildman–Crippen LogP) is 2.54. The van der Waals surface area contributed by atoms with Gasteiger partial charge in [0.1, 0.15) is 0 Å². The fraction of sp³-hybridized carbons (Fsp3) is 0.421. The van der Waals surface area contributed by atoms with Crippen LogP contribution >= 0.6 is 11.3 Å². The van der Waals surface area contributed by atoms with Crippen LogP contribution in [0.5, 0.6) is 0 Å². The molecule has 1 atom stereocenters. The molecule has 0 radical (unpaired) electrons. The monoisotopic (exact) mass is 371 g/mol. The number of benzene rings is 1. The van der Waals surface area contributed by atoms with Crippen molar-refractivity contribution < 1.29 is 4.79 Å². The number of hydrogen-bond donors (Lipinski definition) is 3. The predicted molar refractivity (Wildman–Crippen MR) is 107 cm³/mol. The van der Waals surface area contributed by atoms with Crippen LogP contribution in [0.15, 0.2) is 35.5 Å². The van der Waals surface area contributed by atoms with Gasteiger partial charge in [0.05, 0.1) is 5.01 Å². The number of carbonyl (C=O) groups is 1. The summed E-state index contributed by atoms with van der Waals surface area (Å²) in [5.41, 5.74) is 2.08. The van der Waals surface area contributed by atoms with E-state index in [1.165, 1.54) is 10.4 Å². The number of aromatic nitrogens is 1. The molecule has 138 valence electrons. The minimum atomic E-state index is 0.0638. The highest BCUT2D eigenvalue weighted by Crippen LogP contribution is 2.31. The van der Waals surface area contributed by atoms with Crippen LogP contribution in [0.25, 0.3) is 0 Å². The van der Waals surface area contributed by atoms with Gasteiger partial charge in [0.25, 0.3) is 0 Å². The van der Waals surface area contributed by atoms with Crippen molar-refractivity contribution in [1.82, 2.24) is 15.6 Å². The number of amides is 1. The molecule has 1 aromatic heterocycles. The standard InChI is InChI=1S/C19H25N5OS/c1-3-14-12-22-18(26-14)8-9-21-19(20-2)23-11-13-10-17(25)24-16-7-5-4-6-15(13)16/h4-7,12-13H,3,8-11H2,1-2H3,(H,24,25)(H2,20,21,23). The van der Waals surface area contributed by atoms with Crippen molar-refractivity contribution in [3.05, 3.63) is 45.9 Å².